The number of benzene rings is 1. The van der Waals surface area contributed by atoms with E-state index in [1.54, 1.807) is 0 Å². The van der Waals surface area contributed by atoms with Crippen LogP contribution < -0.4 is 0 Å². The largest absolute Gasteiger partial charge is 0.298 e. The molecule has 0 aliphatic heterocycles. The van der Waals surface area contributed by atoms with Gasteiger partial charge in [-0.3, -0.25) is 9.69 Å². The van der Waals surface area contributed by atoms with Crippen molar-refractivity contribution in [2.45, 2.75) is 73.4 Å². The summed E-state index contributed by atoms with van der Waals surface area (Å²) in [6.07, 6.45) is 2.21. The van der Waals surface area contributed by atoms with Crippen molar-refractivity contribution in [2.24, 2.45) is 17.8 Å². The minimum atomic E-state index is 0.0116. The highest BCUT2D eigenvalue weighted by Gasteiger charge is 2.34. The second-order valence-corrected chi connectivity index (χ2v) is 8.13. The van der Waals surface area contributed by atoms with Crippen LogP contribution in [0.4, 0.5) is 0 Å². The lowest BCUT2D eigenvalue weighted by atomic mass is 9.80. The van der Waals surface area contributed by atoms with E-state index in [2.05, 4.69) is 70.8 Å². The van der Waals surface area contributed by atoms with Crippen molar-refractivity contribution in [2.75, 3.05) is 7.05 Å². The van der Waals surface area contributed by atoms with Crippen molar-refractivity contribution in [1.29, 1.82) is 0 Å². The zero-order chi connectivity index (χ0) is 18.4. The summed E-state index contributed by atoms with van der Waals surface area (Å²) < 4.78 is 0. The molecule has 0 amide bonds. The number of Topliss-reactive ketones (excluding diaryl/α,β-unsaturated/α-hetero) is 1. The predicted molar refractivity (Wildman–Crippen MR) is 104 cm³/mol. The van der Waals surface area contributed by atoms with Gasteiger partial charge in [-0.05, 0) is 58.1 Å². The molecule has 0 N–H and O–H groups in total. The molecule has 0 bridgehead atoms. The number of rotatable bonds is 9. The molecule has 2 nitrogen and oxygen atoms in total. The zero-order valence-electron chi connectivity index (χ0n) is 17.0. The van der Waals surface area contributed by atoms with E-state index in [1.807, 2.05) is 13.8 Å². The minimum Gasteiger partial charge on any atom is -0.298 e. The van der Waals surface area contributed by atoms with Gasteiger partial charge in [-0.1, -0.05) is 57.5 Å². The lowest BCUT2D eigenvalue weighted by Crippen LogP contribution is -2.49. The van der Waals surface area contributed by atoms with Crippen LogP contribution in [0.1, 0.15) is 59.1 Å². The van der Waals surface area contributed by atoms with E-state index >= 15 is 0 Å². The Morgan fingerprint density at radius 2 is 1.71 bits per heavy atom. The van der Waals surface area contributed by atoms with Crippen molar-refractivity contribution < 1.29 is 4.79 Å². The summed E-state index contributed by atoms with van der Waals surface area (Å²) in [7, 11) is 2.10. The van der Waals surface area contributed by atoms with Gasteiger partial charge in [-0.15, -0.1) is 0 Å². The van der Waals surface area contributed by atoms with Gasteiger partial charge in [0.25, 0.3) is 0 Å². The summed E-state index contributed by atoms with van der Waals surface area (Å²) in [5.74, 6) is 1.33. The molecule has 0 aromatic heterocycles. The molecular formula is C22H37NO. The number of nitrogens with zero attached hydrogens (tertiary/aromatic N) is 1. The number of ketones is 1. The van der Waals surface area contributed by atoms with Gasteiger partial charge in [-0.2, -0.15) is 0 Å². The summed E-state index contributed by atoms with van der Waals surface area (Å²) >= 11 is 0. The van der Waals surface area contributed by atoms with Gasteiger partial charge in [0.2, 0.25) is 0 Å². The van der Waals surface area contributed by atoms with Crippen LogP contribution in [0.5, 0.6) is 0 Å². The molecule has 0 heterocycles. The molecule has 0 saturated heterocycles. The van der Waals surface area contributed by atoms with Gasteiger partial charge < -0.3 is 0 Å². The number of carbonyl (C=O) groups is 1. The number of aryl methyl sites for hydroxylation is 2. The molecule has 2 heteroatoms. The Morgan fingerprint density at radius 1 is 1.08 bits per heavy atom. The quantitative estimate of drug-likeness (QED) is 0.625. The lowest BCUT2D eigenvalue weighted by Gasteiger charge is -2.38. The van der Waals surface area contributed by atoms with Gasteiger partial charge >= 0.3 is 0 Å². The fourth-order valence-corrected chi connectivity index (χ4v) is 3.33. The highest BCUT2D eigenvalue weighted by molar-refractivity contribution is 5.86. The van der Waals surface area contributed by atoms with Crippen LogP contribution >= 0.6 is 0 Å². The number of hydrogen-bond acceptors (Lipinski definition) is 2. The molecule has 0 unspecified atom stereocenters. The van der Waals surface area contributed by atoms with Crippen LogP contribution in [0.25, 0.3) is 0 Å². The maximum atomic E-state index is 12.8. The molecule has 1 aromatic rings. The molecule has 0 saturated carbocycles. The van der Waals surface area contributed by atoms with E-state index in [-0.39, 0.29) is 12.0 Å². The SMILES string of the molecule is Cc1cccc(CC[C@@H](C)[C@@H](C)[C@@H](C(=O)C(C)C)N(C)C(C)C)c1. The van der Waals surface area contributed by atoms with Crippen molar-refractivity contribution in [3.63, 3.8) is 0 Å². The minimum absolute atomic E-state index is 0.0116. The standard InChI is InChI=1S/C22H37NO/c1-15(2)22(24)21(23(8)16(3)4)19(7)18(6)12-13-20-11-9-10-17(5)14-20/h9-11,14-16,18-19,21H,12-13H2,1-8H3/t18-,19-,21+/m1/s1. The first kappa shape index (κ1) is 20.9. The van der Waals surface area contributed by atoms with E-state index in [9.17, 15) is 4.79 Å². The van der Waals surface area contributed by atoms with E-state index in [1.165, 1.54) is 11.1 Å². The predicted octanol–water partition coefficient (Wildman–Crippen LogP) is 5.13. The molecule has 0 fully saturated rings. The number of hydrogen-bond donors (Lipinski definition) is 0. The molecular weight excluding hydrogens is 294 g/mol. The van der Waals surface area contributed by atoms with Crippen LogP contribution in [0, 0.1) is 24.7 Å². The van der Waals surface area contributed by atoms with Crippen molar-refractivity contribution >= 4 is 5.78 Å². The van der Waals surface area contributed by atoms with E-state index in [0.717, 1.165) is 12.8 Å². The summed E-state index contributed by atoms with van der Waals surface area (Å²) in [6.45, 7) is 15.1. The highest BCUT2D eigenvalue weighted by Crippen LogP contribution is 2.27. The third-order valence-electron chi connectivity index (χ3n) is 5.48. The Kier molecular flexibility index (Phi) is 8.15. The fraction of sp³-hybridized carbons (Fsp3) is 0.682. The Hall–Kier alpha value is -1.15. The number of carbonyl (C=O) groups excluding carboxylic acids is 1. The first-order chi connectivity index (χ1) is 11.1. The molecule has 0 aliphatic rings. The van der Waals surface area contributed by atoms with Gasteiger partial charge in [0.05, 0.1) is 6.04 Å². The molecule has 0 radical (unpaired) electrons. The van der Waals surface area contributed by atoms with Crippen LogP contribution in [0.2, 0.25) is 0 Å². The van der Waals surface area contributed by atoms with Crippen molar-refractivity contribution in [3.8, 4) is 0 Å². The first-order valence-electron chi connectivity index (χ1n) is 9.46. The average Bonchev–Trinajstić information content (AvgIpc) is 2.52. The van der Waals surface area contributed by atoms with Crippen LogP contribution in [0.3, 0.4) is 0 Å². The molecule has 1 rings (SSSR count). The van der Waals surface area contributed by atoms with E-state index < -0.39 is 0 Å². The summed E-state index contributed by atoms with van der Waals surface area (Å²) in [5, 5.41) is 0. The summed E-state index contributed by atoms with van der Waals surface area (Å²) in [6, 6.07) is 9.15. The smallest absolute Gasteiger partial charge is 0.152 e. The summed E-state index contributed by atoms with van der Waals surface area (Å²) in [5.41, 5.74) is 2.72. The third-order valence-corrected chi connectivity index (χ3v) is 5.48. The van der Waals surface area contributed by atoms with Crippen molar-refractivity contribution in [3.05, 3.63) is 35.4 Å². The fourth-order valence-electron chi connectivity index (χ4n) is 3.33. The molecule has 3 atom stereocenters. The maximum Gasteiger partial charge on any atom is 0.152 e. The lowest BCUT2D eigenvalue weighted by molar-refractivity contribution is -0.130. The second-order valence-electron chi connectivity index (χ2n) is 8.13. The van der Waals surface area contributed by atoms with Crippen molar-refractivity contribution in [1.82, 2.24) is 4.90 Å². The Balaban J connectivity index is 2.80. The van der Waals surface area contributed by atoms with Crippen LogP contribution in [0.15, 0.2) is 24.3 Å². The normalized spacial score (nSPS) is 15.8. The average molecular weight is 332 g/mol. The van der Waals surface area contributed by atoms with Gasteiger partial charge in [0.15, 0.2) is 5.78 Å². The van der Waals surface area contributed by atoms with E-state index in [0.29, 0.717) is 23.7 Å². The maximum absolute atomic E-state index is 12.8. The van der Waals surface area contributed by atoms with Crippen LogP contribution in [-0.4, -0.2) is 29.8 Å². The summed E-state index contributed by atoms with van der Waals surface area (Å²) in [4.78, 5) is 15.1. The van der Waals surface area contributed by atoms with Gasteiger partial charge in [0, 0.05) is 12.0 Å². The molecule has 1 aromatic carbocycles. The Morgan fingerprint density at radius 3 is 2.21 bits per heavy atom. The highest BCUT2D eigenvalue weighted by atomic mass is 16.1. The number of likely N-dealkylation sites (N-methyl/N-ethyl adjacent to an activating group) is 1. The third kappa shape index (κ3) is 5.73. The topological polar surface area (TPSA) is 20.3 Å². The van der Waals surface area contributed by atoms with E-state index in [4.69, 9.17) is 0 Å². The monoisotopic (exact) mass is 331 g/mol. The molecule has 24 heavy (non-hydrogen) atoms. The Bertz CT molecular complexity index is 520. The second kappa shape index (κ2) is 9.36. The Labute approximate surface area is 149 Å². The molecule has 0 aliphatic carbocycles. The molecule has 0 spiro atoms. The zero-order valence-corrected chi connectivity index (χ0v) is 17.0. The van der Waals surface area contributed by atoms with Crippen LogP contribution in [-0.2, 0) is 11.2 Å². The van der Waals surface area contributed by atoms with Gasteiger partial charge in [0.1, 0.15) is 0 Å². The molecule has 136 valence electrons. The van der Waals surface area contributed by atoms with Gasteiger partial charge in [-0.25, -0.2) is 0 Å². The first-order valence-corrected chi connectivity index (χ1v) is 9.46.